The minimum absolute atomic E-state index is 0.0195. The zero-order chi connectivity index (χ0) is 18.8. The summed E-state index contributed by atoms with van der Waals surface area (Å²) in [6, 6.07) is 7.81. The summed E-state index contributed by atoms with van der Waals surface area (Å²) in [6.07, 6.45) is 0. The van der Waals surface area contributed by atoms with Gasteiger partial charge in [0.15, 0.2) is 0 Å². The van der Waals surface area contributed by atoms with Gasteiger partial charge in [0.2, 0.25) is 5.95 Å². The maximum Gasteiger partial charge on any atom is 0.337 e. The number of nitrogens with two attached hydrogens (primary N) is 1. The molecule has 26 heavy (non-hydrogen) atoms. The smallest absolute Gasteiger partial charge is 0.337 e. The fourth-order valence-electron chi connectivity index (χ4n) is 2.59. The molecule has 0 atom stereocenters. The van der Waals surface area contributed by atoms with Gasteiger partial charge in [-0.2, -0.15) is 4.98 Å². The lowest BCUT2D eigenvalue weighted by molar-refractivity contribution is 0.0600. The number of anilines is 1. The maximum absolute atomic E-state index is 12.5. The van der Waals surface area contributed by atoms with E-state index in [0.29, 0.717) is 27.9 Å². The highest BCUT2D eigenvalue weighted by Gasteiger charge is 2.15. The van der Waals surface area contributed by atoms with Crippen molar-refractivity contribution in [2.24, 2.45) is 0 Å². The summed E-state index contributed by atoms with van der Waals surface area (Å²) >= 11 is 0. The van der Waals surface area contributed by atoms with Crippen LogP contribution < -0.4 is 11.3 Å². The van der Waals surface area contributed by atoms with Crippen LogP contribution in [0, 0.1) is 0 Å². The first kappa shape index (κ1) is 17.2. The number of aromatic amines is 2. The quantitative estimate of drug-likeness (QED) is 0.595. The second kappa shape index (κ2) is 6.71. The molecular formula is C17H17N5O4. The zero-order valence-electron chi connectivity index (χ0n) is 14.2. The molecule has 1 amide bonds. The van der Waals surface area contributed by atoms with Crippen molar-refractivity contribution in [3.8, 4) is 0 Å². The fraction of sp³-hybridized carbons (Fsp3) is 0.176. The third-order valence-corrected chi connectivity index (χ3v) is 3.88. The molecule has 0 aliphatic carbocycles. The van der Waals surface area contributed by atoms with Crippen molar-refractivity contribution in [1.82, 2.24) is 19.9 Å². The molecule has 2 aromatic heterocycles. The van der Waals surface area contributed by atoms with Gasteiger partial charge in [-0.1, -0.05) is 0 Å². The summed E-state index contributed by atoms with van der Waals surface area (Å²) in [4.78, 5) is 46.7. The van der Waals surface area contributed by atoms with Crippen LogP contribution in [-0.2, 0) is 11.3 Å². The van der Waals surface area contributed by atoms with Crippen LogP contribution in [0.3, 0.4) is 0 Å². The third-order valence-electron chi connectivity index (χ3n) is 3.88. The lowest BCUT2D eigenvalue weighted by Gasteiger charge is -2.16. The van der Waals surface area contributed by atoms with Crippen molar-refractivity contribution < 1.29 is 14.3 Å². The van der Waals surface area contributed by atoms with E-state index in [1.54, 1.807) is 25.2 Å². The predicted octanol–water partition coefficient (Wildman–Crippen LogP) is 0.892. The molecule has 1 aromatic carbocycles. The largest absolute Gasteiger partial charge is 0.465 e. The molecule has 0 aliphatic rings. The van der Waals surface area contributed by atoms with Crippen molar-refractivity contribution in [3.63, 3.8) is 0 Å². The highest BCUT2D eigenvalue weighted by Crippen LogP contribution is 2.13. The lowest BCUT2D eigenvalue weighted by atomic mass is 10.1. The number of rotatable bonds is 4. The van der Waals surface area contributed by atoms with E-state index in [-0.39, 0.29) is 24.0 Å². The third kappa shape index (κ3) is 3.27. The molecule has 0 aliphatic heterocycles. The van der Waals surface area contributed by atoms with Crippen molar-refractivity contribution >= 4 is 28.9 Å². The van der Waals surface area contributed by atoms with Gasteiger partial charge in [0, 0.05) is 18.3 Å². The Hall–Kier alpha value is -3.62. The number of H-pyrrole nitrogens is 2. The van der Waals surface area contributed by atoms with Gasteiger partial charge in [-0.25, -0.2) is 4.79 Å². The van der Waals surface area contributed by atoms with E-state index in [4.69, 9.17) is 5.73 Å². The minimum atomic E-state index is -0.465. The first-order valence-corrected chi connectivity index (χ1v) is 7.70. The number of carbonyl (C=O) groups is 2. The van der Waals surface area contributed by atoms with Gasteiger partial charge in [-0.3, -0.25) is 14.6 Å². The molecule has 134 valence electrons. The van der Waals surface area contributed by atoms with Gasteiger partial charge in [0.25, 0.3) is 11.5 Å². The normalized spacial score (nSPS) is 10.7. The highest BCUT2D eigenvalue weighted by atomic mass is 16.5. The first-order chi connectivity index (χ1) is 12.4. The van der Waals surface area contributed by atoms with Gasteiger partial charge in [0.05, 0.1) is 24.6 Å². The van der Waals surface area contributed by atoms with Gasteiger partial charge >= 0.3 is 5.97 Å². The number of methoxy groups -OCH3 is 1. The Morgan fingerprint density at radius 3 is 2.50 bits per heavy atom. The molecule has 9 heteroatoms. The predicted molar refractivity (Wildman–Crippen MR) is 94.7 cm³/mol. The summed E-state index contributed by atoms with van der Waals surface area (Å²) in [5.41, 5.74) is 6.98. The van der Waals surface area contributed by atoms with E-state index in [0.717, 1.165) is 0 Å². The molecule has 0 saturated carbocycles. The number of ether oxygens (including phenoxy) is 1. The van der Waals surface area contributed by atoms with E-state index in [9.17, 15) is 14.4 Å². The van der Waals surface area contributed by atoms with Crippen molar-refractivity contribution in [2.45, 2.75) is 6.54 Å². The number of hydrogen-bond donors (Lipinski definition) is 3. The molecule has 4 N–H and O–H groups in total. The molecule has 3 aromatic rings. The Morgan fingerprint density at radius 1 is 1.19 bits per heavy atom. The molecule has 0 unspecified atom stereocenters. The van der Waals surface area contributed by atoms with E-state index < -0.39 is 5.97 Å². The highest BCUT2D eigenvalue weighted by molar-refractivity contribution is 5.96. The molecule has 0 spiro atoms. The molecular weight excluding hydrogens is 338 g/mol. The van der Waals surface area contributed by atoms with Crippen LogP contribution in [0.5, 0.6) is 0 Å². The summed E-state index contributed by atoms with van der Waals surface area (Å²) < 4.78 is 4.63. The second-order valence-electron chi connectivity index (χ2n) is 5.74. The van der Waals surface area contributed by atoms with Crippen LogP contribution in [0.1, 0.15) is 26.4 Å². The van der Waals surface area contributed by atoms with Crippen molar-refractivity contribution in [1.29, 1.82) is 0 Å². The number of nitrogens with one attached hydrogen (secondary N) is 2. The number of amides is 1. The summed E-state index contributed by atoms with van der Waals surface area (Å²) in [7, 11) is 2.93. The van der Waals surface area contributed by atoms with E-state index in [2.05, 4.69) is 19.7 Å². The number of aromatic nitrogens is 3. The maximum atomic E-state index is 12.5. The molecule has 0 saturated heterocycles. The monoisotopic (exact) mass is 355 g/mol. The number of hydrogen-bond acceptors (Lipinski definition) is 6. The molecule has 0 radical (unpaired) electrons. The Kier molecular flexibility index (Phi) is 4.44. The number of carbonyl (C=O) groups excluding carboxylic acids is 2. The lowest BCUT2D eigenvalue weighted by Crippen LogP contribution is -2.26. The standard InChI is InChI=1S/C17H17N5O4/c1-22(15(24)9-3-5-10(6-4-9)16(25)26-2)8-11-7-12-13(19-11)20-17(18)21-14(12)23/h3-7H,8H2,1-2H3,(H4,18,19,20,21,23). The average molecular weight is 355 g/mol. The Morgan fingerprint density at radius 2 is 1.85 bits per heavy atom. The van der Waals surface area contributed by atoms with E-state index in [1.807, 2.05) is 0 Å². The molecule has 0 bridgehead atoms. The van der Waals surface area contributed by atoms with Crippen LogP contribution in [-0.4, -0.2) is 45.9 Å². The first-order valence-electron chi connectivity index (χ1n) is 7.70. The Balaban J connectivity index is 1.78. The number of fused-ring (bicyclic) bond motifs is 1. The van der Waals surface area contributed by atoms with Gasteiger partial charge in [-0.15, -0.1) is 0 Å². The van der Waals surface area contributed by atoms with Crippen LogP contribution in [0.4, 0.5) is 5.95 Å². The van der Waals surface area contributed by atoms with Crippen LogP contribution in [0.15, 0.2) is 35.1 Å². The topological polar surface area (TPSA) is 134 Å². The number of nitrogen functional groups attached to an aromatic ring is 1. The number of benzene rings is 1. The SMILES string of the molecule is COC(=O)c1ccc(C(=O)N(C)Cc2cc3c(=O)[nH]c(N)nc3[nH]2)cc1. The summed E-state index contributed by atoms with van der Waals surface area (Å²) in [6.45, 7) is 0.243. The Labute approximate surface area is 147 Å². The second-order valence-corrected chi connectivity index (χ2v) is 5.74. The number of esters is 1. The average Bonchev–Trinajstić information content (AvgIpc) is 3.03. The Bertz CT molecular complexity index is 1040. The van der Waals surface area contributed by atoms with Crippen LogP contribution in [0.25, 0.3) is 11.0 Å². The van der Waals surface area contributed by atoms with Gasteiger partial charge in [0.1, 0.15) is 5.65 Å². The van der Waals surface area contributed by atoms with Crippen LogP contribution >= 0.6 is 0 Å². The van der Waals surface area contributed by atoms with E-state index in [1.165, 1.54) is 24.1 Å². The molecule has 9 nitrogen and oxygen atoms in total. The zero-order valence-corrected chi connectivity index (χ0v) is 14.2. The van der Waals surface area contributed by atoms with Crippen molar-refractivity contribution in [2.75, 3.05) is 19.9 Å². The fourth-order valence-corrected chi connectivity index (χ4v) is 2.59. The van der Waals surface area contributed by atoms with Crippen molar-refractivity contribution in [3.05, 3.63) is 57.5 Å². The van der Waals surface area contributed by atoms with Gasteiger partial charge in [-0.05, 0) is 30.3 Å². The summed E-state index contributed by atoms with van der Waals surface area (Å²) in [5.74, 6) is -0.681. The molecule has 3 rings (SSSR count). The number of nitrogens with zero attached hydrogens (tertiary/aromatic N) is 2. The van der Waals surface area contributed by atoms with Gasteiger partial charge < -0.3 is 20.4 Å². The minimum Gasteiger partial charge on any atom is -0.465 e. The molecule has 0 fully saturated rings. The summed E-state index contributed by atoms with van der Waals surface area (Å²) in [5, 5.41) is 0.373. The van der Waals surface area contributed by atoms with Crippen LogP contribution in [0.2, 0.25) is 0 Å². The molecule has 2 heterocycles. The van der Waals surface area contributed by atoms with E-state index >= 15 is 0 Å².